The summed E-state index contributed by atoms with van der Waals surface area (Å²) < 4.78 is 6.94. The van der Waals surface area contributed by atoms with Crippen LogP contribution in [0.1, 0.15) is 0 Å². The molecule has 1 aromatic heterocycles. The molecule has 1 aliphatic rings. The summed E-state index contributed by atoms with van der Waals surface area (Å²) in [6.07, 6.45) is 4.39. The molecule has 0 atom stereocenters. The number of benzene rings is 1. The topological polar surface area (TPSA) is 4.93 Å². The number of para-hydroxylation sites is 1. The highest BCUT2D eigenvalue weighted by Gasteiger charge is 1.98. The molecule has 0 bridgehead atoms. The van der Waals surface area contributed by atoms with E-state index in [-0.39, 0.29) is 20.7 Å². The molecule has 1 aliphatic heterocycles. The van der Waals surface area contributed by atoms with Crippen molar-refractivity contribution < 1.29 is 0 Å². The van der Waals surface area contributed by atoms with Crippen molar-refractivity contribution in [3.05, 3.63) is 53.2 Å². The predicted molar refractivity (Wildman–Crippen MR) is 74.0 cm³/mol. The third-order valence-corrected chi connectivity index (χ3v) is 4.20. The average molecular weight is 307 g/mol. The third-order valence-electron chi connectivity index (χ3n) is 2.47. The van der Waals surface area contributed by atoms with Gasteiger partial charge in [0.2, 0.25) is 0 Å². The van der Waals surface area contributed by atoms with Crippen LogP contribution in [0, 0.1) is 0 Å². The molecule has 3 rings (SSSR count). The summed E-state index contributed by atoms with van der Waals surface area (Å²) in [5, 5.41) is 2.70. The van der Waals surface area contributed by atoms with Crippen molar-refractivity contribution in [2.75, 3.05) is 0 Å². The van der Waals surface area contributed by atoms with Gasteiger partial charge < -0.3 is 4.57 Å². The van der Waals surface area contributed by atoms with Crippen LogP contribution in [0.15, 0.2) is 42.6 Å². The number of nitrogens with zero attached hydrogens (tertiary/aromatic N) is 1. The minimum Gasteiger partial charge on any atom is -0.316 e. The molecule has 2 heteroatoms. The predicted octanol–water partition coefficient (Wildman–Crippen LogP) is 1.78. The first kappa shape index (κ1) is 9.09. The van der Waals surface area contributed by atoms with E-state index in [2.05, 4.69) is 61.3 Å². The Labute approximate surface area is 98.1 Å². The zero-order chi connectivity index (χ0) is 10.1. The molecule has 74 valence electrons. The number of aromatic nitrogens is 1. The van der Waals surface area contributed by atoms with E-state index < -0.39 is 0 Å². The van der Waals surface area contributed by atoms with Crippen molar-refractivity contribution in [1.29, 1.82) is 0 Å². The second-order valence-electron chi connectivity index (χ2n) is 3.39. The largest absolute Gasteiger partial charge is 0.316 e. The van der Waals surface area contributed by atoms with E-state index in [4.69, 9.17) is 0 Å². The molecule has 1 nitrogen and oxygen atoms in total. The van der Waals surface area contributed by atoms with Gasteiger partial charge in [-0.05, 0) is 32.4 Å². The van der Waals surface area contributed by atoms with Crippen LogP contribution in [-0.4, -0.2) is 8.58 Å². The number of halogens is 1. The molecule has 0 N–H and O–H groups in total. The van der Waals surface area contributed by atoms with Gasteiger partial charge in [0.25, 0.3) is 0 Å². The van der Waals surface area contributed by atoms with Gasteiger partial charge in [-0.15, -0.1) is 0 Å². The zero-order valence-electron chi connectivity index (χ0n) is 8.10. The maximum atomic E-state index is 2.38. The van der Waals surface area contributed by atoms with Crippen LogP contribution in [-0.2, 0) is 0 Å². The molecule has 0 aliphatic carbocycles. The summed E-state index contributed by atoms with van der Waals surface area (Å²) >= 11 is 0.117. The lowest BCUT2D eigenvalue weighted by Crippen LogP contribution is -2.28. The fraction of sp³-hybridized carbons (Fsp3) is 0. The molecule has 0 amide bonds. The van der Waals surface area contributed by atoms with Gasteiger partial charge in [-0.25, -0.2) is 0 Å². The van der Waals surface area contributed by atoms with Crippen molar-refractivity contribution in [2.45, 2.75) is 0 Å². The normalized spacial score (nSPS) is 13.3. The van der Waals surface area contributed by atoms with Crippen LogP contribution in [0.5, 0.6) is 0 Å². The van der Waals surface area contributed by atoms with Crippen LogP contribution in [0.4, 0.5) is 0 Å². The highest BCUT2D eigenvalue weighted by atomic mass is 127. The van der Waals surface area contributed by atoms with Gasteiger partial charge in [-0.3, -0.25) is 0 Å². The maximum absolute atomic E-state index is 2.38. The highest BCUT2D eigenvalue weighted by molar-refractivity contribution is 14.2. The minimum atomic E-state index is 0.117. The van der Waals surface area contributed by atoms with Crippen LogP contribution < -0.4 is 10.6 Å². The fourth-order valence-corrected chi connectivity index (χ4v) is 3.53. The summed E-state index contributed by atoms with van der Waals surface area (Å²) in [6.45, 7) is 0. The van der Waals surface area contributed by atoms with E-state index in [1.165, 1.54) is 16.3 Å². The molecule has 0 saturated heterocycles. The van der Waals surface area contributed by atoms with E-state index in [1.807, 2.05) is 0 Å². The molecule has 15 heavy (non-hydrogen) atoms. The fourth-order valence-electron chi connectivity index (χ4n) is 1.73. The molecule has 0 fully saturated rings. The Hall–Kier alpha value is -1.16. The molecule has 2 heterocycles. The van der Waals surface area contributed by atoms with Crippen molar-refractivity contribution in [3.63, 3.8) is 0 Å². The molecule has 0 spiro atoms. The third kappa shape index (κ3) is 1.59. The van der Waals surface area contributed by atoms with Gasteiger partial charge >= 0.3 is 0 Å². The first-order valence-electron chi connectivity index (χ1n) is 4.84. The molecule has 0 saturated carbocycles. The summed E-state index contributed by atoms with van der Waals surface area (Å²) in [5.41, 5.74) is 1.24. The smallest absolute Gasteiger partial charge is 0.0585 e. The lowest BCUT2D eigenvalue weighted by Gasteiger charge is -2.03. The lowest BCUT2D eigenvalue weighted by atomic mass is 10.3. The van der Waals surface area contributed by atoms with E-state index in [9.17, 15) is 0 Å². The SMILES string of the molecule is C1=IC=c2c(ccn2-c2ccccc2)=C1. The van der Waals surface area contributed by atoms with Gasteiger partial charge in [-0.1, -0.05) is 38.9 Å². The Kier molecular flexibility index (Phi) is 2.29. The zero-order valence-corrected chi connectivity index (χ0v) is 10.3. The van der Waals surface area contributed by atoms with Gasteiger partial charge in [0, 0.05) is 17.1 Å². The molecule has 1 aromatic carbocycles. The van der Waals surface area contributed by atoms with Crippen LogP contribution in [0.3, 0.4) is 0 Å². The Morgan fingerprint density at radius 2 is 1.87 bits per heavy atom. The molecular weight excluding hydrogens is 297 g/mol. The van der Waals surface area contributed by atoms with Crippen molar-refractivity contribution in [2.24, 2.45) is 0 Å². The van der Waals surface area contributed by atoms with Crippen LogP contribution >= 0.6 is 20.7 Å². The number of hydrogen-bond donors (Lipinski definition) is 0. The number of hydrogen-bond acceptors (Lipinski definition) is 0. The van der Waals surface area contributed by atoms with E-state index >= 15 is 0 Å². The van der Waals surface area contributed by atoms with Crippen LogP contribution in [0.25, 0.3) is 15.8 Å². The van der Waals surface area contributed by atoms with Crippen molar-refractivity contribution in [3.8, 4) is 5.69 Å². The Balaban J connectivity index is 2.30. The van der Waals surface area contributed by atoms with E-state index in [0.29, 0.717) is 0 Å². The Morgan fingerprint density at radius 1 is 1.00 bits per heavy atom. The average Bonchev–Trinajstić information content (AvgIpc) is 2.74. The quantitative estimate of drug-likeness (QED) is 0.708. The first-order chi connectivity index (χ1) is 7.45. The highest BCUT2D eigenvalue weighted by Crippen LogP contribution is 2.05. The maximum Gasteiger partial charge on any atom is 0.0585 e. The van der Waals surface area contributed by atoms with Gasteiger partial charge in [0.05, 0.1) is 5.35 Å². The summed E-state index contributed by atoms with van der Waals surface area (Å²) in [5.74, 6) is 0. The lowest BCUT2D eigenvalue weighted by molar-refractivity contribution is 1.03. The summed E-state index contributed by atoms with van der Waals surface area (Å²) in [6, 6.07) is 12.7. The van der Waals surface area contributed by atoms with E-state index in [1.54, 1.807) is 0 Å². The van der Waals surface area contributed by atoms with Gasteiger partial charge in [0.1, 0.15) is 0 Å². The summed E-state index contributed by atoms with van der Waals surface area (Å²) in [4.78, 5) is 0. The minimum absolute atomic E-state index is 0.117. The molecular formula is C13H10IN. The van der Waals surface area contributed by atoms with E-state index in [0.717, 1.165) is 0 Å². The standard InChI is InChI=1S/C13H10IN/c1-2-4-12(5-3-1)15-9-7-11-6-8-14-10-13(11)15/h1-10H. The number of rotatable bonds is 1. The van der Waals surface area contributed by atoms with Gasteiger partial charge in [-0.2, -0.15) is 0 Å². The summed E-state index contributed by atoms with van der Waals surface area (Å²) in [7, 11) is 0. The molecule has 0 radical (unpaired) electrons. The first-order valence-corrected chi connectivity index (χ1v) is 7.33. The van der Waals surface area contributed by atoms with Crippen molar-refractivity contribution >= 4 is 34.9 Å². The van der Waals surface area contributed by atoms with Gasteiger partial charge in [0.15, 0.2) is 0 Å². The van der Waals surface area contributed by atoms with Crippen molar-refractivity contribution in [1.82, 2.24) is 4.57 Å². The molecule has 0 unspecified atom stereocenters. The Morgan fingerprint density at radius 3 is 2.73 bits per heavy atom. The molecule has 2 aromatic rings. The second-order valence-corrected chi connectivity index (χ2v) is 5.45. The Bertz CT molecular complexity index is 620. The monoisotopic (exact) mass is 307 g/mol. The number of fused-ring (bicyclic) bond motifs is 1. The van der Waals surface area contributed by atoms with Crippen LogP contribution in [0.2, 0.25) is 0 Å². The second kappa shape index (κ2) is 3.77.